The summed E-state index contributed by atoms with van der Waals surface area (Å²) in [7, 11) is 0. The molecule has 0 aliphatic heterocycles. The van der Waals surface area contributed by atoms with E-state index in [4.69, 9.17) is 5.90 Å². The molecule has 1 aromatic rings. The van der Waals surface area contributed by atoms with Crippen LogP contribution in [0.4, 0.5) is 0 Å². The quantitative estimate of drug-likeness (QED) is 0.819. The summed E-state index contributed by atoms with van der Waals surface area (Å²) in [6.07, 6.45) is 0.627. The monoisotopic (exact) mass is 259 g/mol. The second-order valence-corrected chi connectivity index (χ2v) is 4.10. The minimum absolute atomic E-state index is 0.328. The van der Waals surface area contributed by atoms with E-state index in [1.807, 2.05) is 19.9 Å². The van der Waals surface area contributed by atoms with Gasteiger partial charge in [0.1, 0.15) is 5.75 Å². The normalized spacial score (nSPS) is 10.6. The third kappa shape index (κ3) is 2.26. The van der Waals surface area contributed by atoms with Gasteiger partial charge in [-0.3, -0.25) is 0 Å². The van der Waals surface area contributed by atoms with Crippen LogP contribution in [0.2, 0.25) is 0 Å². The molecular formula is C10H14BrNO2. The van der Waals surface area contributed by atoms with Gasteiger partial charge in [0.25, 0.3) is 0 Å². The van der Waals surface area contributed by atoms with E-state index in [1.165, 1.54) is 0 Å². The number of nitrogens with two attached hydrogens (primary N) is 1. The van der Waals surface area contributed by atoms with E-state index >= 15 is 0 Å². The van der Waals surface area contributed by atoms with E-state index in [2.05, 4.69) is 20.8 Å². The molecule has 0 aliphatic carbocycles. The molecule has 0 unspecified atom stereocenters. The van der Waals surface area contributed by atoms with Crippen LogP contribution in [0.15, 0.2) is 10.5 Å². The Hall–Kier alpha value is -0.580. The van der Waals surface area contributed by atoms with Gasteiger partial charge >= 0.3 is 0 Å². The smallest absolute Gasteiger partial charge is 0.123 e. The lowest BCUT2D eigenvalue weighted by Gasteiger charge is -2.11. The second kappa shape index (κ2) is 4.77. The Morgan fingerprint density at radius 1 is 1.50 bits per heavy atom. The summed E-state index contributed by atoms with van der Waals surface area (Å²) in [5.41, 5.74) is 2.79. The lowest BCUT2D eigenvalue weighted by molar-refractivity contribution is 0.140. The highest BCUT2D eigenvalue weighted by Gasteiger charge is 2.10. The molecule has 0 saturated heterocycles. The van der Waals surface area contributed by atoms with Crippen molar-refractivity contribution < 1.29 is 9.94 Å². The third-order valence-electron chi connectivity index (χ3n) is 2.29. The molecule has 0 amide bonds. The molecule has 1 rings (SSSR count). The van der Waals surface area contributed by atoms with Crippen molar-refractivity contribution in [2.75, 3.05) is 6.61 Å². The maximum absolute atomic E-state index is 9.86. The molecule has 0 radical (unpaired) electrons. The third-order valence-corrected chi connectivity index (χ3v) is 3.11. The number of rotatable bonds is 3. The van der Waals surface area contributed by atoms with Crippen LogP contribution >= 0.6 is 15.9 Å². The van der Waals surface area contributed by atoms with Crippen molar-refractivity contribution in [1.29, 1.82) is 0 Å². The van der Waals surface area contributed by atoms with Crippen LogP contribution in [0.25, 0.3) is 0 Å². The zero-order valence-corrected chi connectivity index (χ0v) is 9.89. The van der Waals surface area contributed by atoms with Gasteiger partial charge in [-0.2, -0.15) is 0 Å². The summed E-state index contributed by atoms with van der Waals surface area (Å²) < 4.78 is 0.921. The number of hydrogen-bond acceptors (Lipinski definition) is 3. The molecule has 0 fully saturated rings. The van der Waals surface area contributed by atoms with E-state index < -0.39 is 0 Å². The number of aryl methyl sites for hydroxylation is 1. The van der Waals surface area contributed by atoms with Crippen molar-refractivity contribution >= 4 is 15.9 Å². The zero-order chi connectivity index (χ0) is 10.7. The van der Waals surface area contributed by atoms with Gasteiger partial charge in [-0.05, 0) is 31.0 Å². The molecule has 4 heteroatoms. The summed E-state index contributed by atoms with van der Waals surface area (Å²) in [5, 5.41) is 9.86. The minimum Gasteiger partial charge on any atom is -0.507 e. The summed E-state index contributed by atoms with van der Waals surface area (Å²) in [4.78, 5) is 4.50. The van der Waals surface area contributed by atoms with Crippen LogP contribution in [0.5, 0.6) is 5.75 Å². The van der Waals surface area contributed by atoms with Crippen molar-refractivity contribution in [2.24, 2.45) is 5.90 Å². The van der Waals surface area contributed by atoms with Crippen molar-refractivity contribution in [1.82, 2.24) is 0 Å². The first kappa shape index (κ1) is 11.5. The van der Waals surface area contributed by atoms with Crippen molar-refractivity contribution in [2.45, 2.75) is 20.3 Å². The van der Waals surface area contributed by atoms with Crippen molar-refractivity contribution in [3.8, 4) is 5.75 Å². The largest absolute Gasteiger partial charge is 0.507 e. The molecule has 0 heterocycles. The maximum atomic E-state index is 9.86. The van der Waals surface area contributed by atoms with Crippen LogP contribution in [0.1, 0.15) is 16.7 Å². The number of benzene rings is 1. The number of phenols is 1. The summed E-state index contributed by atoms with van der Waals surface area (Å²) in [6, 6.07) is 1.99. The molecule has 0 spiro atoms. The highest BCUT2D eigenvalue weighted by atomic mass is 79.9. The molecule has 3 N–H and O–H groups in total. The Balaban J connectivity index is 3.09. The molecule has 1 aromatic carbocycles. The standard InChI is InChI=1S/C10H14BrNO2/c1-6-5-9(11)7(2)10(13)8(6)3-4-14-12/h5,13H,3-4,12H2,1-2H3. The Morgan fingerprint density at radius 3 is 2.71 bits per heavy atom. The fourth-order valence-electron chi connectivity index (χ4n) is 1.39. The molecule has 0 bridgehead atoms. The Labute approximate surface area is 92.0 Å². The second-order valence-electron chi connectivity index (χ2n) is 3.25. The van der Waals surface area contributed by atoms with Crippen LogP contribution in [0.3, 0.4) is 0 Å². The summed E-state index contributed by atoms with van der Waals surface area (Å²) >= 11 is 3.38. The van der Waals surface area contributed by atoms with Gasteiger partial charge in [0, 0.05) is 16.5 Å². The SMILES string of the molecule is Cc1cc(Br)c(C)c(O)c1CCON. The van der Waals surface area contributed by atoms with E-state index in [0.29, 0.717) is 18.8 Å². The van der Waals surface area contributed by atoms with E-state index in [1.54, 1.807) is 0 Å². The molecule has 0 saturated carbocycles. The highest BCUT2D eigenvalue weighted by Crippen LogP contribution is 2.31. The number of halogens is 1. The van der Waals surface area contributed by atoms with E-state index in [0.717, 1.165) is 21.2 Å². The van der Waals surface area contributed by atoms with Gasteiger partial charge in [0.15, 0.2) is 0 Å². The van der Waals surface area contributed by atoms with E-state index in [9.17, 15) is 5.11 Å². The molecule has 14 heavy (non-hydrogen) atoms. The average Bonchev–Trinajstić information content (AvgIpc) is 2.14. The summed E-state index contributed by atoms with van der Waals surface area (Å²) in [5.74, 6) is 5.28. The predicted molar refractivity (Wildman–Crippen MR) is 59.1 cm³/mol. The van der Waals surface area contributed by atoms with Gasteiger partial charge < -0.3 is 9.94 Å². The number of aromatic hydroxyl groups is 1. The minimum atomic E-state index is 0.328. The average molecular weight is 260 g/mol. The van der Waals surface area contributed by atoms with Crippen molar-refractivity contribution in [3.63, 3.8) is 0 Å². The van der Waals surface area contributed by atoms with Crippen molar-refractivity contribution in [3.05, 3.63) is 27.2 Å². The van der Waals surface area contributed by atoms with Crippen LogP contribution in [-0.4, -0.2) is 11.7 Å². The van der Waals surface area contributed by atoms with Gasteiger partial charge in [0.05, 0.1) is 6.61 Å². The highest BCUT2D eigenvalue weighted by molar-refractivity contribution is 9.10. The first-order valence-electron chi connectivity index (χ1n) is 4.37. The molecule has 0 aliphatic rings. The fourth-order valence-corrected chi connectivity index (χ4v) is 1.92. The van der Waals surface area contributed by atoms with Crippen LogP contribution < -0.4 is 5.90 Å². The molecule has 3 nitrogen and oxygen atoms in total. The molecule has 0 atom stereocenters. The van der Waals surface area contributed by atoms with Gasteiger partial charge in [-0.15, -0.1) is 0 Å². The fraction of sp³-hybridized carbons (Fsp3) is 0.400. The molecular weight excluding hydrogens is 246 g/mol. The lowest BCUT2D eigenvalue weighted by atomic mass is 10.0. The Kier molecular flexibility index (Phi) is 3.92. The zero-order valence-electron chi connectivity index (χ0n) is 8.30. The topological polar surface area (TPSA) is 55.5 Å². The van der Waals surface area contributed by atoms with E-state index in [-0.39, 0.29) is 0 Å². The number of hydrogen-bond donors (Lipinski definition) is 2. The van der Waals surface area contributed by atoms with Gasteiger partial charge in [0.2, 0.25) is 0 Å². The Morgan fingerprint density at radius 2 is 2.14 bits per heavy atom. The maximum Gasteiger partial charge on any atom is 0.123 e. The summed E-state index contributed by atoms with van der Waals surface area (Å²) in [6.45, 7) is 4.23. The van der Waals surface area contributed by atoms with Crippen LogP contribution in [0, 0.1) is 13.8 Å². The van der Waals surface area contributed by atoms with Gasteiger partial charge in [-0.1, -0.05) is 15.9 Å². The number of phenolic OH excluding ortho intramolecular Hbond substituents is 1. The molecule has 0 aromatic heterocycles. The first-order valence-corrected chi connectivity index (χ1v) is 5.16. The Bertz CT molecular complexity index is 339. The molecule has 78 valence electrons. The van der Waals surface area contributed by atoms with Gasteiger partial charge in [-0.25, -0.2) is 5.90 Å². The lowest BCUT2D eigenvalue weighted by Crippen LogP contribution is -2.05. The predicted octanol–water partition coefficient (Wildman–Crippen LogP) is 2.20. The first-order chi connectivity index (χ1) is 6.57. The van der Waals surface area contributed by atoms with Crippen LogP contribution in [-0.2, 0) is 11.3 Å².